The predicted molar refractivity (Wildman–Crippen MR) is 71.9 cm³/mol. The highest BCUT2D eigenvalue weighted by Gasteiger charge is 2.13. The van der Waals surface area contributed by atoms with Crippen LogP contribution < -0.4 is 5.76 Å². The summed E-state index contributed by atoms with van der Waals surface area (Å²) in [4.78, 5) is 13.6. The summed E-state index contributed by atoms with van der Waals surface area (Å²) in [5, 5.41) is 10.2. The van der Waals surface area contributed by atoms with E-state index in [0.717, 1.165) is 0 Å². The summed E-state index contributed by atoms with van der Waals surface area (Å²) in [6.45, 7) is 0. The fourth-order valence-corrected chi connectivity index (χ4v) is 2.16. The number of rotatable bonds is 3. The van der Waals surface area contributed by atoms with Crippen LogP contribution in [-0.4, -0.2) is 10.1 Å². The molecule has 0 bridgehead atoms. The van der Waals surface area contributed by atoms with E-state index in [4.69, 9.17) is 4.42 Å². The highest BCUT2D eigenvalue weighted by atomic mass is 19.1. The van der Waals surface area contributed by atoms with Gasteiger partial charge >= 0.3 is 5.76 Å². The van der Waals surface area contributed by atoms with E-state index in [1.807, 2.05) is 0 Å². The van der Waals surface area contributed by atoms with Crippen molar-refractivity contribution < 1.29 is 13.9 Å². The van der Waals surface area contributed by atoms with Crippen molar-refractivity contribution in [1.29, 1.82) is 0 Å². The molecule has 0 fully saturated rings. The van der Waals surface area contributed by atoms with E-state index in [0.29, 0.717) is 22.2 Å². The Balaban J connectivity index is 1.90. The number of oxazole rings is 1. The first kappa shape index (κ1) is 12.6. The SMILES string of the molecule is O=c1[nH]c2ccc(C(O)Cc3ccccc3F)cc2o1. The van der Waals surface area contributed by atoms with Gasteiger partial charge in [0.05, 0.1) is 11.6 Å². The minimum Gasteiger partial charge on any atom is -0.408 e. The second-order valence-electron chi connectivity index (χ2n) is 4.58. The minimum atomic E-state index is -0.864. The quantitative estimate of drug-likeness (QED) is 0.770. The van der Waals surface area contributed by atoms with Crippen LogP contribution in [-0.2, 0) is 6.42 Å². The van der Waals surface area contributed by atoms with Gasteiger partial charge in [0.2, 0.25) is 0 Å². The number of H-pyrrole nitrogens is 1. The van der Waals surface area contributed by atoms with Crippen molar-refractivity contribution in [1.82, 2.24) is 4.98 Å². The first-order valence-electron chi connectivity index (χ1n) is 6.18. The zero-order valence-electron chi connectivity index (χ0n) is 10.5. The monoisotopic (exact) mass is 273 g/mol. The van der Waals surface area contributed by atoms with E-state index in [9.17, 15) is 14.3 Å². The van der Waals surface area contributed by atoms with Gasteiger partial charge in [-0.25, -0.2) is 9.18 Å². The van der Waals surface area contributed by atoms with Gasteiger partial charge in [-0.1, -0.05) is 24.3 Å². The lowest BCUT2D eigenvalue weighted by Gasteiger charge is -2.11. The normalized spacial score (nSPS) is 12.7. The van der Waals surface area contributed by atoms with Gasteiger partial charge in [-0.3, -0.25) is 4.98 Å². The second-order valence-corrected chi connectivity index (χ2v) is 4.58. The lowest BCUT2D eigenvalue weighted by Crippen LogP contribution is -2.03. The van der Waals surface area contributed by atoms with Crippen molar-refractivity contribution in [3.05, 3.63) is 70.0 Å². The Morgan fingerprint density at radius 1 is 1.25 bits per heavy atom. The maximum absolute atomic E-state index is 13.5. The summed E-state index contributed by atoms with van der Waals surface area (Å²) in [5.74, 6) is -0.887. The Labute approximate surface area is 113 Å². The number of hydrogen-bond acceptors (Lipinski definition) is 3. The molecule has 0 aliphatic heterocycles. The molecule has 0 saturated heterocycles. The van der Waals surface area contributed by atoms with Gasteiger partial charge in [-0.2, -0.15) is 0 Å². The third-order valence-corrected chi connectivity index (χ3v) is 3.20. The number of hydrogen-bond donors (Lipinski definition) is 2. The molecule has 0 spiro atoms. The van der Waals surface area contributed by atoms with Gasteiger partial charge in [0.25, 0.3) is 0 Å². The van der Waals surface area contributed by atoms with Gasteiger partial charge in [0.15, 0.2) is 5.58 Å². The van der Waals surface area contributed by atoms with Crippen LogP contribution in [0.1, 0.15) is 17.2 Å². The van der Waals surface area contributed by atoms with Crippen molar-refractivity contribution >= 4 is 11.1 Å². The fraction of sp³-hybridized carbons (Fsp3) is 0.133. The number of aromatic amines is 1. The number of aromatic nitrogens is 1. The zero-order valence-corrected chi connectivity index (χ0v) is 10.5. The molecule has 1 atom stereocenters. The molecule has 0 aliphatic rings. The summed E-state index contributed by atoms with van der Waals surface area (Å²) in [6, 6.07) is 11.2. The summed E-state index contributed by atoms with van der Waals surface area (Å²) in [6.07, 6.45) is -0.705. The van der Waals surface area contributed by atoms with E-state index >= 15 is 0 Å². The molecule has 102 valence electrons. The molecule has 0 amide bonds. The van der Waals surface area contributed by atoms with E-state index < -0.39 is 11.9 Å². The average molecular weight is 273 g/mol. The summed E-state index contributed by atoms with van der Waals surface area (Å²) in [5.41, 5.74) is 1.95. The molecule has 0 radical (unpaired) electrons. The standard InChI is InChI=1S/C15H12FNO3/c16-11-4-2-1-3-9(11)7-13(18)10-5-6-12-14(8-10)20-15(19)17-12/h1-6,8,13,18H,7H2,(H,17,19). The molecular weight excluding hydrogens is 261 g/mol. The van der Waals surface area contributed by atoms with Crippen molar-refractivity contribution in [3.63, 3.8) is 0 Å². The molecule has 3 aromatic rings. The van der Waals surface area contributed by atoms with Crippen LogP contribution in [0.4, 0.5) is 4.39 Å². The molecule has 1 heterocycles. The highest BCUT2D eigenvalue weighted by Crippen LogP contribution is 2.22. The Kier molecular flexibility index (Phi) is 3.12. The molecule has 1 aromatic heterocycles. The van der Waals surface area contributed by atoms with Crippen molar-refractivity contribution in [3.8, 4) is 0 Å². The summed E-state index contributed by atoms with van der Waals surface area (Å²) in [7, 11) is 0. The average Bonchev–Trinajstić information content (AvgIpc) is 2.80. The van der Waals surface area contributed by atoms with Crippen LogP contribution in [0, 0.1) is 5.82 Å². The molecule has 3 rings (SSSR count). The van der Waals surface area contributed by atoms with Crippen molar-refractivity contribution in [2.75, 3.05) is 0 Å². The number of halogens is 1. The van der Waals surface area contributed by atoms with Crippen LogP contribution in [0.15, 0.2) is 51.7 Å². The Morgan fingerprint density at radius 2 is 2.05 bits per heavy atom. The molecule has 1 unspecified atom stereocenters. The zero-order chi connectivity index (χ0) is 14.1. The largest absolute Gasteiger partial charge is 0.417 e. The summed E-state index contributed by atoms with van der Waals surface area (Å²) >= 11 is 0. The molecule has 0 aliphatic carbocycles. The minimum absolute atomic E-state index is 0.160. The number of fused-ring (bicyclic) bond motifs is 1. The maximum Gasteiger partial charge on any atom is 0.417 e. The van der Waals surface area contributed by atoms with Gasteiger partial charge < -0.3 is 9.52 Å². The number of benzene rings is 2. The molecule has 2 aromatic carbocycles. The van der Waals surface area contributed by atoms with Crippen LogP contribution in [0.3, 0.4) is 0 Å². The number of nitrogens with one attached hydrogen (secondary N) is 1. The van der Waals surface area contributed by atoms with E-state index in [1.165, 1.54) is 6.07 Å². The highest BCUT2D eigenvalue weighted by molar-refractivity contribution is 5.72. The molecule has 2 N–H and O–H groups in total. The first-order chi connectivity index (χ1) is 9.63. The van der Waals surface area contributed by atoms with E-state index in [-0.39, 0.29) is 12.2 Å². The third-order valence-electron chi connectivity index (χ3n) is 3.20. The smallest absolute Gasteiger partial charge is 0.408 e. The number of aliphatic hydroxyl groups excluding tert-OH is 1. The van der Waals surface area contributed by atoms with Crippen LogP contribution in [0.25, 0.3) is 11.1 Å². The molecule has 20 heavy (non-hydrogen) atoms. The van der Waals surface area contributed by atoms with Crippen molar-refractivity contribution in [2.24, 2.45) is 0 Å². The number of aliphatic hydroxyl groups is 1. The molecule has 5 heteroatoms. The second kappa shape index (κ2) is 4.94. The first-order valence-corrected chi connectivity index (χ1v) is 6.18. The van der Waals surface area contributed by atoms with E-state index in [1.54, 1.807) is 36.4 Å². The van der Waals surface area contributed by atoms with Gasteiger partial charge in [0, 0.05) is 6.42 Å². The lowest BCUT2D eigenvalue weighted by molar-refractivity contribution is 0.177. The fourth-order valence-electron chi connectivity index (χ4n) is 2.16. The molecule has 4 nitrogen and oxygen atoms in total. The topological polar surface area (TPSA) is 66.2 Å². The van der Waals surface area contributed by atoms with Crippen LogP contribution >= 0.6 is 0 Å². The lowest BCUT2D eigenvalue weighted by atomic mass is 10.0. The maximum atomic E-state index is 13.5. The third kappa shape index (κ3) is 2.35. The molecular formula is C15H12FNO3. The van der Waals surface area contributed by atoms with E-state index in [2.05, 4.69) is 4.98 Å². The summed E-state index contributed by atoms with van der Waals surface area (Å²) < 4.78 is 18.5. The van der Waals surface area contributed by atoms with Gasteiger partial charge in [0.1, 0.15) is 5.82 Å². The van der Waals surface area contributed by atoms with Gasteiger partial charge in [-0.15, -0.1) is 0 Å². The van der Waals surface area contributed by atoms with Gasteiger partial charge in [-0.05, 0) is 29.3 Å². The Morgan fingerprint density at radius 3 is 2.85 bits per heavy atom. The van der Waals surface area contributed by atoms with Crippen LogP contribution in [0.5, 0.6) is 0 Å². The predicted octanol–water partition coefficient (Wildman–Crippen LogP) is 2.54. The molecule has 0 saturated carbocycles. The van der Waals surface area contributed by atoms with Crippen molar-refractivity contribution in [2.45, 2.75) is 12.5 Å². The van der Waals surface area contributed by atoms with Crippen LogP contribution in [0.2, 0.25) is 0 Å². The Bertz CT molecular complexity index is 806. The Hall–Kier alpha value is -2.40.